The Morgan fingerprint density at radius 3 is 1.92 bits per heavy atom. The Labute approximate surface area is 85.1 Å². The maximum Gasteiger partial charge on any atom is -0.0391 e. The third kappa shape index (κ3) is 6.12. The van der Waals surface area contributed by atoms with Gasteiger partial charge in [-0.25, -0.2) is 0 Å². The highest BCUT2D eigenvalue weighted by molar-refractivity contribution is 4.75. The molecule has 0 saturated heterocycles. The van der Waals surface area contributed by atoms with Gasteiger partial charge in [0.05, 0.1) is 0 Å². The van der Waals surface area contributed by atoms with Crippen LogP contribution in [0.15, 0.2) is 0 Å². The zero-order chi connectivity index (χ0) is 10.1. The van der Waals surface area contributed by atoms with E-state index in [-0.39, 0.29) is 0 Å². The van der Waals surface area contributed by atoms with E-state index in [1.54, 1.807) is 0 Å². The van der Waals surface area contributed by atoms with E-state index in [0.29, 0.717) is 0 Å². The van der Waals surface area contributed by atoms with Crippen LogP contribution in [0, 0.1) is 18.8 Å². The summed E-state index contributed by atoms with van der Waals surface area (Å²) in [5.41, 5.74) is 0. The lowest BCUT2D eigenvalue weighted by Gasteiger charge is -2.32. The molecule has 0 spiro atoms. The summed E-state index contributed by atoms with van der Waals surface area (Å²) < 4.78 is 0. The minimum Gasteiger partial charge on any atom is -0.0654 e. The Balaban J connectivity index is 0.000000226. The standard InChI is InChI=1S/C7H14.C6H13/c1-3-7-5-4-6(7)2;1-3-5-6-4-2/h6-7H,3-5H2,1-2H3;1,3-6H2,2H3. The summed E-state index contributed by atoms with van der Waals surface area (Å²) in [7, 11) is 0. The third-order valence-electron chi connectivity index (χ3n) is 3.18. The minimum absolute atomic E-state index is 1.05. The largest absolute Gasteiger partial charge is 0.0654 e. The van der Waals surface area contributed by atoms with E-state index in [4.69, 9.17) is 0 Å². The normalized spacial score (nSPS) is 25.8. The maximum atomic E-state index is 3.72. The summed E-state index contributed by atoms with van der Waals surface area (Å²) >= 11 is 0. The molecule has 0 nitrogen and oxygen atoms in total. The lowest BCUT2D eigenvalue weighted by Crippen LogP contribution is -2.21. The molecule has 1 saturated carbocycles. The first kappa shape index (κ1) is 13.0. The van der Waals surface area contributed by atoms with Crippen LogP contribution in [0.1, 0.15) is 65.7 Å². The van der Waals surface area contributed by atoms with E-state index in [0.717, 1.165) is 18.3 Å². The van der Waals surface area contributed by atoms with Gasteiger partial charge in [0.25, 0.3) is 0 Å². The minimum atomic E-state index is 1.05. The monoisotopic (exact) mass is 183 g/mol. The van der Waals surface area contributed by atoms with Gasteiger partial charge in [0.1, 0.15) is 0 Å². The second-order valence-electron chi connectivity index (χ2n) is 4.28. The van der Waals surface area contributed by atoms with Crippen LogP contribution in [0.5, 0.6) is 0 Å². The van der Waals surface area contributed by atoms with E-state index in [2.05, 4.69) is 27.7 Å². The van der Waals surface area contributed by atoms with Gasteiger partial charge in [-0.3, -0.25) is 0 Å². The van der Waals surface area contributed by atoms with E-state index >= 15 is 0 Å². The van der Waals surface area contributed by atoms with Crippen molar-refractivity contribution in [3.8, 4) is 0 Å². The molecule has 79 valence electrons. The van der Waals surface area contributed by atoms with Crippen LogP contribution in [0.25, 0.3) is 0 Å². The highest BCUT2D eigenvalue weighted by Crippen LogP contribution is 2.35. The lowest BCUT2D eigenvalue weighted by molar-refractivity contribution is 0.190. The number of rotatable bonds is 4. The second-order valence-corrected chi connectivity index (χ2v) is 4.28. The molecule has 13 heavy (non-hydrogen) atoms. The highest BCUT2D eigenvalue weighted by Gasteiger charge is 2.23. The van der Waals surface area contributed by atoms with Crippen molar-refractivity contribution >= 4 is 0 Å². The Morgan fingerprint density at radius 2 is 1.85 bits per heavy atom. The van der Waals surface area contributed by atoms with E-state index in [9.17, 15) is 0 Å². The quantitative estimate of drug-likeness (QED) is 0.547. The second kappa shape index (κ2) is 8.59. The van der Waals surface area contributed by atoms with Gasteiger partial charge in [0.15, 0.2) is 0 Å². The van der Waals surface area contributed by atoms with Gasteiger partial charge in [0.2, 0.25) is 0 Å². The van der Waals surface area contributed by atoms with Crippen LogP contribution < -0.4 is 0 Å². The molecule has 1 radical (unpaired) electrons. The summed E-state index contributed by atoms with van der Waals surface area (Å²) in [4.78, 5) is 0. The SMILES string of the molecule is CCC1CCC1C.[CH2]CCCCC. The van der Waals surface area contributed by atoms with Crippen molar-refractivity contribution in [3.05, 3.63) is 6.92 Å². The van der Waals surface area contributed by atoms with Crippen LogP contribution in [-0.2, 0) is 0 Å². The molecule has 0 aromatic carbocycles. The Bertz CT molecular complexity index is 90.2. The number of unbranched alkanes of at least 4 members (excludes halogenated alkanes) is 3. The van der Waals surface area contributed by atoms with Crippen molar-refractivity contribution in [1.29, 1.82) is 0 Å². The first-order valence-electron chi connectivity index (χ1n) is 6.05. The molecule has 2 atom stereocenters. The van der Waals surface area contributed by atoms with Gasteiger partial charge in [-0.1, -0.05) is 66.2 Å². The third-order valence-corrected chi connectivity index (χ3v) is 3.18. The van der Waals surface area contributed by atoms with Crippen LogP contribution >= 0.6 is 0 Å². The smallest absolute Gasteiger partial charge is 0.0391 e. The predicted molar refractivity (Wildman–Crippen MR) is 61.7 cm³/mol. The molecule has 0 bridgehead atoms. The molecule has 1 aliphatic carbocycles. The average Bonchev–Trinajstić information content (AvgIpc) is 2.14. The highest BCUT2D eigenvalue weighted by atomic mass is 14.3. The molecule has 1 aliphatic rings. The predicted octanol–water partition coefficient (Wildman–Crippen LogP) is 4.84. The molecular weight excluding hydrogens is 156 g/mol. The van der Waals surface area contributed by atoms with E-state index < -0.39 is 0 Å². The first-order chi connectivity index (χ1) is 6.26. The van der Waals surface area contributed by atoms with Gasteiger partial charge in [-0.05, 0) is 18.3 Å². The van der Waals surface area contributed by atoms with Gasteiger partial charge >= 0.3 is 0 Å². The van der Waals surface area contributed by atoms with E-state index in [1.807, 2.05) is 0 Å². The topological polar surface area (TPSA) is 0 Å². The fraction of sp³-hybridized carbons (Fsp3) is 0.923. The summed E-state index contributed by atoms with van der Waals surface area (Å²) in [6.45, 7) is 10.6. The van der Waals surface area contributed by atoms with E-state index in [1.165, 1.54) is 38.5 Å². The molecule has 0 N–H and O–H groups in total. The summed E-state index contributed by atoms with van der Waals surface area (Å²) in [5.74, 6) is 2.13. The summed E-state index contributed by atoms with van der Waals surface area (Å²) in [5, 5.41) is 0. The lowest BCUT2D eigenvalue weighted by atomic mass is 9.74. The van der Waals surface area contributed by atoms with Gasteiger partial charge in [-0.15, -0.1) is 0 Å². The molecule has 1 fully saturated rings. The van der Waals surface area contributed by atoms with Gasteiger partial charge in [0, 0.05) is 0 Å². The van der Waals surface area contributed by atoms with Crippen LogP contribution in [0.3, 0.4) is 0 Å². The zero-order valence-electron chi connectivity index (χ0n) is 9.81. The molecule has 0 amide bonds. The maximum absolute atomic E-state index is 3.72. The molecule has 0 heteroatoms. The van der Waals surface area contributed by atoms with Crippen molar-refractivity contribution in [2.24, 2.45) is 11.8 Å². The molecular formula is C13H27. The average molecular weight is 183 g/mol. The van der Waals surface area contributed by atoms with Crippen LogP contribution in [-0.4, -0.2) is 0 Å². The van der Waals surface area contributed by atoms with Crippen molar-refractivity contribution < 1.29 is 0 Å². The Hall–Kier alpha value is 0. The molecule has 2 unspecified atom stereocenters. The van der Waals surface area contributed by atoms with Crippen molar-refractivity contribution in [1.82, 2.24) is 0 Å². The molecule has 0 aromatic rings. The number of hydrogen-bond acceptors (Lipinski definition) is 0. The van der Waals surface area contributed by atoms with Crippen LogP contribution in [0.2, 0.25) is 0 Å². The first-order valence-corrected chi connectivity index (χ1v) is 6.05. The fourth-order valence-electron chi connectivity index (χ4n) is 1.77. The van der Waals surface area contributed by atoms with Crippen molar-refractivity contribution in [3.63, 3.8) is 0 Å². The molecule has 0 heterocycles. The van der Waals surface area contributed by atoms with Crippen molar-refractivity contribution in [2.45, 2.75) is 65.7 Å². The molecule has 1 rings (SSSR count). The van der Waals surface area contributed by atoms with Gasteiger partial charge in [-0.2, -0.15) is 0 Å². The Kier molecular flexibility index (Phi) is 8.59. The molecule has 0 aromatic heterocycles. The van der Waals surface area contributed by atoms with Crippen molar-refractivity contribution in [2.75, 3.05) is 0 Å². The van der Waals surface area contributed by atoms with Gasteiger partial charge < -0.3 is 0 Å². The van der Waals surface area contributed by atoms with Crippen LogP contribution in [0.4, 0.5) is 0 Å². The Morgan fingerprint density at radius 1 is 1.15 bits per heavy atom. The number of hydrogen-bond donors (Lipinski definition) is 0. The summed E-state index contributed by atoms with van der Waals surface area (Å²) in [6.07, 6.45) is 9.46. The molecule has 0 aliphatic heterocycles. The zero-order valence-corrected chi connectivity index (χ0v) is 9.81. The summed E-state index contributed by atoms with van der Waals surface area (Å²) in [6, 6.07) is 0. The fourth-order valence-corrected chi connectivity index (χ4v) is 1.77.